The minimum Gasteiger partial charge on any atom is -0.463 e. The maximum absolute atomic E-state index is 13.7. The minimum atomic E-state index is -1.54. The predicted molar refractivity (Wildman–Crippen MR) is 174 cm³/mol. The lowest BCUT2D eigenvalue weighted by molar-refractivity contribution is -0.271. The molecule has 0 bridgehead atoms. The summed E-state index contributed by atoms with van der Waals surface area (Å²) in [5.74, 6) is -3.12. The molecule has 1 aliphatic heterocycles. The molecule has 2 heterocycles. The van der Waals surface area contributed by atoms with Crippen LogP contribution in [-0.2, 0) is 42.9 Å². The molecule has 1 saturated heterocycles. The van der Waals surface area contributed by atoms with Crippen LogP contribution in [0.3, 0.4) is 0 Å². The van der Waals surface area contributed by atoms with Crippen molar-refractivity contribution in [2.45, 2.75) is 58.3 Å². The summed E-state index contributed by atoms with van der Waals surface area (Å²) in [7, 11) is 0. The topological polar surface area (TPSA) is 167 Å². The van der Waals surface area contributed by atoms with Crippen LogP contribution in [0, 0.1) is 4.77 Å². The van der Waals surface area contributed by atoms with E-state index in [0.717, 1.165) is 37.1 Å². The molecule has 0 N–H and O–H groups in total. The lowest BCUT2D eigenvalue weighted by atomic mass is 9.97. The number of esters is 4. The number of hydrogen-bond acceptors (Lipinski definition) is 13. The number of hydrogen-bond donors (Lipinski definition) is 0. The highest BCUT2D eigenvalue weighted by molar-refractivity contribution is 7.71. The van der Waals surface area contributed by atoms with E-state index < -0.39 is 66.7 Å². The Labute approximate surface area is 284 Å². The van der Waals surface area contributed by atoms with Gasteiger partial charge in [0.05, 0.1) is 6.21 Å². The van der Waals surface area contributed by atoms with E-state index in [2.05, 4.69) is 10.2 Å². The Balaban J connectivity index is 1.95. The summed E-state index contributed by atoms with van der Waals surface area (Å²) in [6.45, 7) is 3.99. The molecule has 4 rings (SSSR count). The second-order valence-corrected chi connectivity index (χ2v) is 11.2. The molecule has 48 heavy (non-hydrogen) atoms. The lowest BCUT2D eigenvalue weighted by Crippen LogP contribution is -2.61. The van der Waals surface area contributed by atoms with Crippen molar-refractivity contribution in [3.8, 4) is 0 Å². The first-order chi connectivity index (χ1) is 22.8. The van der Waals surface area contributed by atoms with E-state index in [-0.39, 0.29) is 10.5 Å². The van der Waals surface area contributed by atoms with Gasteiger partial charge in [0.15, 0.2) is 30.2 Å². The van der Waals surface area contributed by atoms with Gasteiger partial charge >= 0.3 is 29.4 Å². The predicted octanol–water partition coefficient (Wildman–Crippen LogP) is 3.74. The van der Waals surface area contributed by atoms with Crippen LogP contribution in [0.5, 0.6) is 0 Å². The second kappa shape index (κ2) is 16.2. The molecule has 14 nitrogen and oxygen atoms in total. The second-order valence-electron chi connectivity index (χ2n) is 10.4. The van der Waals surface area contributed by atoms with Crippen molar-refractivity contribution in [1.82, 2.24) is 14.5 Å². The van der Waals surface area contributed by atoms with Gasteiger partial charge in [-0.05, 0) is 41.6 Å². The van der Waals surface area contributed by atoms with Crippen LogP contribution >= 0.6 is 23.8 Å². The van der Waals surface area contributed by atoms with E-state index in [9.17, 15) is 24.0 Å². The summed E-state index contributed by atoms with van der Waals surface area (Å²) < 4.78 is 29.6. The van der Waals surface area contributed by atoms with Gasteiger partial charge in [-0.1, -0.05) is 60.1 Å². The van der Waals surface area contributed by atoms with Crippen LogP contribution in [0.1, 0.15) is 50.7 Å². The Bertz CT molecular complexity index is 1840. The highest BCUT2D eigenvalue weighted by Gasteiger charge is 2.53. The van der Waals surface area contributed by atoms with Crippen molar-refractivity contribution in [2.75, 3.05) is 6.61 Å². The average molecular weight is 699 g/mol. The first-order valence-corrected chi connectivity index (χ1v) is 15.2. The van der Waals surface area contributed by atoms with Gasteiger partial charge < -0.3 is 23.7 Å². The van der Waals surface area contributed by atoms with Gasteiger partial charge in [0.1, 0.15) is 12.7 Å². The van der Waals surface area contributed by atoms with Crippen molar-refractivity contribution in [3.63, 3.8) is 0 Å². The van der Waals surface area contributed by atoms with Crippen LogP contribution in [0.25, 0.3) is 12.2 Å². The van der Waals surface area contributed by atoms with Crippen molar-refractivity contribution >= 4 is 66.1 Å². The zero-order chi connectivity index (χ0) is 35.0. The molecule has 1 fully saturated rings. The van der Waals surface area contributed by atoms with E-state index in [0.29, 0.717) is 16.1 Å². The first kappa shape index (κ1) is 35.9. The summed E-state index contributed by atoms with van der Waals surface area (Å²) >= 11 is 11.7. The molecule has 0 saturated carbocycles. The summed E-state index contributed by atoms with van der Waals surface area (Å²) in [5.41, 5.74) is 0.449. The number of benzene rings is 2. The summed E-state index contributed by atoms with van der Waals surface area (Å²) in [4.78, 5) is 62.4. The number of ether oxygens (including phenoxy) is 5. The number of carbonyl (C=O) groups excluding carboxylic acids is 4. The lowest BCUT2D eigenvalue weighted by Gasteiger charge is -2.44. The molecule has 0 aliphatic carbocycles. The Hall–Kier alpha value is -4.99. The van der Waals surface area contributed by atoms with E-state index >= 15 is 0 Å². The number of carbonyl (C=O) groups is 4. The van der Waals surface area contributed by atoms with Gasteiger partial charge in [-0.15, -0.1) is 0 Å². The van der Waals surface area contributed by atoms with Crippen LogP contribution in [0.2, 0.25) is 5.02 Å². The number of nitrogens with zero attached hydrogens (tertiary/aromatic N) is 4. The fourth-order valence-corrected chi connectivity index (χ4v) is 5.08. The SMILES string of the molecule is CC(=O)OC[C@H]1O[C@@H](n2nc(/C=C/c3ccc(Cl)cc3)c(=O)n(/N=C/c3ccccc3)c2=S)[C@H](OC(C)=O)[C@@H](OC(C)=O)[C@@H]1OC(C)=O. The van der Waals surface area contributed by atoms with Crippen molar-refractivity contribution in [2.24, 2.45) is 5.10 Å². The van der Waals surface area contributed by atoms with Gasteiger partial charge in [0.25, 0.3) is 0 Å². The third-order valence-electron chi connectivity index (χ3n) is 6.64. The minimum absolute atomic E-state index is 0.170. The molecule has 1 aliphatic rings. The smallest absolute Gasteiger partial charge is 0.303 e. The molecule has 0 spiro atoms. The van der Waals surface area contributed by atoms with Gasteiger partial charge in [0.2, 0.25) is 4.77 Å². The molecule has 1 aromatic heterocycles. The summed E-state index contributed by atoms with van der Waals surface area (Å²) in [5, 5.41) is 9.28. The molecule has 2 aromatic carbocycles. The fraction of sp³-hybridized carbons (Fsp3) is 0.312. The molecular formula is C32H31ClN4O10S. The summed E-state index contributed by atoms with van der Waals surface area (Å²) in [6, 6.07) is 15.7. The molecule has 3 aromatic rings. The maximum Gasteiger partial charge on any atom is 0.303 e. The molecule has 0 unspecified atom stereocenters. The molecule has 16 heteroatoms. The Kier molecular flexibility index (Phi) is 12.1. The molecular weight excluding hydrogens is 668 g/mol. The van der Waals surface area contributed by atoms with Gasteiger partial charge in [-0.2, -0.15) is 14.9 Å². The number of aromatic nitrogens is 3. The van der Waals surface area contributed by atoms with Crippen molar-refractivity contribution in [3.05, 3.63) is 91.6 Å². The third kappa shape index (κ3) is 9.30. The highest BCUT2D eigenvalue weighted by Crippen LogP contribution is 2.34. The van der Waals surface area contributed by atoms with Crippen LogP contribution < -0.4 is 5.56 Å². The standard InChI is InChI=1S/C32H31ClN4O10S/c1-18(38)43-17-26-27(44-19(2)39)28(45-20(3)40)29(46-21(4)41)31(47-26)37-32(48)36(34-16-23-8-6-5-7-9-23)30(42)25(35-37)15-12-22-10-13-24(33)14-11-22/h5-16,26-29,31H,17H2,1-4H3/b15-12+,34-16+/t26-,27-,28+,29-,31-/m1/s1. The fourth-order valence-electron chi connectivity index (χ4n) is 4.68. The van der Waals surface area contributed by atoms with Crippen molar-refractivity contribution in [1.29, 1.82) is 0 Å². The van der Waals surface area contributed by atoms with E-state index in [1.165, 1.54) is 12.3 Å². The first-order valence-electron chi connectivity index (χ1n) is 14.4. The van der Waals surface area contributed by atoms with E-state index in [1.807, 2.05) is 6.07 Å². The monoisotopic (exact) mass is 698 g/mol. The Morgan fingerprint density at radius 3 is 2.06 bits per heavy atom. The van der Waals surface area contributed by atoms with Gasteiger partial charge in [-0.25, -0.2) is 4.68 Å². The zero-order valence-corrected chi connectivity index (χ0v) is 27.8. The van der Waals surface area contributed by atoms with Gasteiger partial charge in [-0.3, -0.25) is 24.0 Å². The molecule has 5 atom stereocenters. The Morgan fingerprint density at radius 2 is 1.46 bits per heavy atom. The van der Waals surface area contributed by atoms with E-state index in [4.69, 9.17) is 47.5 Å². The van der Waals surface area contributed by atoms with Crippen molar-refractivity contribution < 1.29 is 42.9 Å². The van der Waals surface area contributed by atoms with Crippen LogP contribution in [-0.4, -0.2) is 75.6 Å². The number of halogens is 1. The molecule has 0 radical (unpaired) electrons. The van der Waals surface area contributed by atoms with E-state index in [1.54, 1.807) is 54.6 Å². The molecule has 0 amide bonds. The van der Waals surface area contributed by atoms with Crippen LogP contribution in [0.4, 0.5) is 0 Å². The normalized spacial score (nSPS) is 20.7. The highest BCUT2D eigenvalue weighted by atomic mass is 35.5. The third-order valence-corrected chi connectivity index (χ3v) is 7.25. The quantitative estimate of drug-likeness (QED) is 0.130. The summed E-state index contributed by atoms with van der Waals surface area (Å²) in [6.07, 6.45) is -2.85. The molecule has 252 valence electrons. The average Bonchev–Trinajstić information content (AvgIpc) is 3.02. The number of rotatable bonds is 10. The van der Waals surface area contributed by atoms with Crippen LogP contribution in [0.15, 0.2) is 64.5 Å². The maximum atomic E-state index is 13.7. The van der Waals surface area contributed by atoms with Gasteiger partial charge in [0, 0.05) is 32.7 Å². The zero-order valence-electron chi connectivity index (χ0n) is 26.2. The Morgan fingerprint density at radius 1 is 0.854 bits per heavy atom. The largest absolute Gasteiger partial charge is 0.463 e.